The first-order valence-corrected chi connectivity index (χ1v) is 17.4. The van der Waals surface area contributed by atoms with Crippen LogP contribution in [-0.2, 0) is 20.3 Å². The molecule has 2 aromatic carbocycles. The highest BCUT2D eigenvalue weighted by molar-refractivity contribution is 6.42. The third kappa shape index (κ3) is 12.2. The minimum absolute atomic E-state index is 0.0252. The number of unbranched alkanes of at least 4 members (excludes halogenated alkanes) is 1. The molecule has 0 aliphatic carbocycles. The largest absolute Gasteiger partial charge is 0.497 e. The summed E-state index contributed by atoms with van der Waals surface area (Å²) in [5.74, 6) is -11.6. The van der Waals surface area contributed by atoms with E-state index in [9.17, 15) is 37.5 Å². The number of aliphatic hydroxyl groups excluding tert-OH is 1. The smallest absolute Gasteiger partial charge is 0.414 e. The Labute approximate surface area is 313 Å². The van der Waals surface area contributed by atoms with E-state index in [0.29, 0.717) is 5.75 Å². The number of halogens is 7. The molecule has 0 fully saturated rings. The lowest BCUT2D eigenvalue weighted by Gasteiger charge is -2.29. The predicted octanol–water partition coefficient (Wildman–Crippen LogP) is 7.68. The molecule has 0 saturated carbocycles. The zero-order valence-corrected chi connectivity index (χ0v) is 30.6. The minimum Gasteiger partial charge on any atom is -0.497 e. The van der Waals surface area contributed by atoms with Gasteiger partial charge in [0.25, 0.3) is 5.91 Å². The van der Waals surface area contributed by atoms with Crippen LogP contribution in [0.2, 0.25) is 10.0 Å². The summed E-state index contributed by atoms with van der Waals surface area (Å²) in [6, 6.07) is 11.7. The molecule has 0 spiro atoms. The fourth-order valence-electron chi connectivity index (χ4n) is 5.55. The maximum atomic E-state index is 15.5. The van der Waals surface area contributed by atoms with E-state index in [1.807, 2.05) is 0 Å². The van der Waals surface area contributed by atoms with Crippen LogP contribution in [0.3, 0.4) is 0 Å². The third-order valence-corrected chi connectivity index (χ3v) is 9.43. The number of nitrogens with zero attached hydrogens (tertiary/aromatic N) is 1. The zero-order chi connectivity index (χ0) is 39.5. The van der Waals surface area contributed by atoms with Gasteiger partial charge in [-0.05, 0) is 60.7 Å². The molecular weight excluding hydrogens is 748 g/mol. The second-order valence-electron chi connectivity index (χ2n) is 12.8. The van der Waals surface area contributed by atoms with Gasteiger partial charge in [0.2, 0.25) is 11.7 Å². The van der Waals surface area contributed by atoms with Gasteiger partial charge >= 0.3 is 12.1 Å². The first-order chi connectivity index (χ1) is 24.9. The molecule has 1 aromatic heterocycles. The van der Waals surface area contributed by atoms with Crippen LogP contribution in [0.5, 0.6) is 5.75 Å². The van der Waals surface area contributed by atoms with Gasteiger partial charge in [-0.15, -0.1) is 0 Å². The van der Waals surface area contributed by atoms with Crippen molar-refractivity contribution in [3.8, 4) is 5.75 Å². The Morgan fingerprint density at radius 1 is 0.906 bits per heavy atom. The molecule has 4 atom stereocenters. The van der Waals surface area contributed by atoms with Gasteiger partial charge in [-0.3, -0.25) is 24.2 Å². The van der Waals surface area contributed by atoms with E-state index in [1.165, 1.54) is 57.5 Å². The molecule has 0 saturated heterocycles. The standard InChI is InChI=1S/C37H40Cl2F5N3O6/c1-21(2)26(33(50)37(42,43)44)20-30(48)32(22-10-13-25(53-3)14-11-22)47-34(51)23(8-4-6-17-46-35(52)29-9-5-7-16-45-29)18-31(49)36(40,41)24-12-15-27(38)28(39)19-24/h5,7,9-16,19,21,23,26,32-33,50H,4,6,8,17-18,20H2,1-3H3,(H,46,52)(H,47,51)/t23-,26+,32+,33+/m1/s1. The number of nitrogens with one attached hydrogen (secondary N) is 2. The molecule has 3 N–H and O–H groups in total. The predicted molar refractivity (Wildman–Crippen MR) is 188 cm³/mol. The zero-order valence-electron chi connectivity index (χ0n) is 29.1. The fourth-order valence-corrected chi connectivity index (χ4v) is 5.84. The minimum atomic E-state index is -5.03. The number of carbonyl (C=O) groups is 4. The number of aliphatic hydroxyl groups is 1. The van der Waals surface area contributed by atoms with E-state index in [2.05, 4.69) is 15.6 Å². The summed E-state index contributed by atoms with van der Waals surface area (Å²) in [6.07, 6.45) is -7.98. The summed E-state index contributed by atoms with van der Waals surface area (Å²) in [7, 11) is 1.38. The molecule has 16 heteroatoms. The lowest BCUT2D eigenvalue weighted by atomic mass is 9.83. The van der Waals surface area contributed by atoms with Crippen LogP contribution in [0.1, 0.15) is 73.6 Å². The maximum absolute atomic E-state index is 15.5. The summed E-state index contributed by atoms with van der Waals surface area (Å²) in [6.45, 7) is 2.92. The topological polar surface area (TPSA) is 135 Å². The van der Waals surface area contributed by atoms with Gasteiger partial charge in [-0.25, -0.2) is 0 Å². The van der Waals surface area contributed by atoms with Crippen LogP contribution in [0.4, 0.5) is 22.0 Å². The van der Waals surface area contributed by atoms with Crippen LogP contribution >= 0.6 is 23.2 Å². The Bertz CT molecular complexity index is 1710. The van der Waals surface area contributed by atoms with Gasteiger partial charge < -0.3 is 20.5 Å². The average Bonchev–Trinajstić information content (AvgIpc) is 3.12. The number of pyridine rings is 1. The Hall–Kier alpha value is -4.14. The molecule has 0 radical (unpaired) electrons. The van der Waals surface area contributed by atoms with Gasteiger partial charge in [0.05, 0.1) is 17.2 Å². The Morgan fingerprint density at radius 2 is 1.58 bits per heavy atom. The first kappa shape index (κ1) is 43.3. The second-order valence-corrected chi connectivity index (χ2v) is 13.6. The first-order valence-electron chi connectivity index (χ1n) is 16.6. The molecule has 288 valence electrons. The molecule has 0 aliphatic heterocycles. The van der Waals surface area contributed by atoms with Crippen molar-refractivity contribution in [3.63, 3.8) is 0 Å². The lowest BCUT2D eigenvalue weighted by Crippen LogP contribution is -2.43. The van der Waals surface area contributed by atoms with Gasteiger partial charge in [-0.2, -0.15) is 22.0 Å². The number of ether oxygens (including phenoxy) is 1. The fraction of sp³-hybridized carbons (Fsp3) is 0.432. The number of benzene rings is 2. The molecule has 9 nitrogen and oxygen atoms in total. The van der Waals surface area contributed by atoms with E-state index in [4.69, 9.17) is 27.9 Å². The Kier molecular flexibility index (Phi) is 15.7. The summed E-state index contributed by atoms with van der Waals surface area (Å²) in [4.78, 5) is 57.1. The molecule has 3 aromatic rings. The number of hydrogen-bond donors (Lipinski definition) is 3. The molecular formula is C37H40Cl2F5N3O6. The van der Waals surface area contributed by atoms with Crippen LogP contribution in [-0.4, -0.2) is 59.4 Å². The number of carbonyl (C=O) groups excluding carboxylic acids is 4. The SMILES string of the molecule is COc1ccc([C@H](NC(=O)[C@H](CCCCNC(=O)c2ccccn2)CC(=O)C(F)(F)c2ccc(Cl)c(Cl)c2)C(=O)C[C@@H](C(C)C)[C@H](O)C(F)(F)F)cc1. The molecule has 2 amide bonds. The van der Waals surface area contributed by atoms with Crippen molar-refractivity contribution in [2.75, 3.05) is 13.7 Å². The van der Waals surface area contributed by atoms with Crippen LogP contribution in [0.25, 0.3) is 0 Å². The van der Waals surface area contributed by atoms with Crippen molar-refractivity contribution in [3.05, 3.63) is 93.7 Å². The summed E-state index contributed by atoms with van der Waals surface area (Å²) < 4.78 is 76.7. The van der Waals surface area contributed by atoms with E-state index >= 15 is 8.78 Å². The van der Waals surface area contributed by atoms with Crippen molar-refractivity contribution in [1.82, 2.24) is 15.6 Å². The summed E-state index contributed by atoms with van der Waals surface area (Å²) >= 11 is 11.8. The van der Waals surface area contributed by atoms with Crippen molar-refractivity contribution < 1.29 is 51.0 Å². The Balaban J connectivity index is 1.89. The average molecular weight is 789 g/mol. The number of rotatable bonds is 19. The van der Waals surface area contributed by atoms with Gasteiger partial charge in [-0.1, -0.05) is 67.7 Å². The van der Waals surface area contributed by atoms with E-state index in [1.54, 1.807) is 12.1 Å². The van der Waals surface area contributed by atoms with Crippen LogP contribution < -0.4 is 15.4 Å². The molecule has 1 heterocycles. The van der Waals surface area contributed by atoms with E-state index in [0.717, 1.165) is 18.2 Å². The van der Waals surface area contributed by atoms with Gasteiger partial charge in [0.1, 0.15) is 17.5 Å². The van der Waals surface area contributed by atoms with Gasteiger partial charge in [0, 0.05) is 43.0 Å². The highest BCUT2D eigenvalue weighted by atomic mass is 35.5. The number of alkyl halides is 5. The molecule has 3 rings (SSSR count). The van der Waals surface area contributed by atoms with Crippen molar-refractivity contribution >= 4 is 46.6 Å². The molecule has 0 unspecified atom stereocenters. The van der Waals surface area contributed by atoms with Crippen molar-refractivity contribution in [1.29, 1.82) is 0 Å². The normalized spacial score (nSPS) is 14.2. The highest BCUT2D eigenvalue weighted by Crippen LogP contribution is 2.37. The number of hydrogen-bond acceptors (Lipinski definition) is 7. The highest BCUT2D eigenvalue weighted by Gasteiger charge is 2.46. The lowest BCUT2D eigenvalue weighted by molar-refractivity contribution is -0.224. The van der Waals surface area contributed by atoms with Crippen molar-refractivity contribution in [2.24, 2.45) is 17.8 Å². The van der Waals surface area contributed by atoms with Gasteiger partial charge in [0.15, 0.2) is 11.9 Å². The van der Waals surface area contributed by atoms with Crippen LogP contribution in [0.15, 0.2) is 66.9 Å². The molecule has 0 bridgehead atoms. The maximum Gasteiger partial charge on any atom is 0.414 e. The third-order valence-electron chi connectivity index (χ3n) is 8.69. The van der Waals surface area contributed by atoms with E-state index < -0.39 is 83.8 Å². The monoisotopic (exact) mass is 787 g/mol. The second kappa shape index (κ2) is 19.3. The quantitative estimate of drug-likeness (QED) is 0.0839. The molecule has 0 aliphatic rings. The number of ketones is 2. The number of aromatic nitrogens is 1. The van der Waals surface area contributed by atoms with E-state index in [-0.39, 0.29) is 47.1 Å². The number of Topliss-reactive ketones (excluding diaryl/α,β-unsaturated/α-hetero) is 2. The van der Waals surface area contributed by atoms with Crippen LogP contribution in [0, 0.1) is 17.8 Å². The molecule has 53 heavy (non-hydrogen) atoms. The number of methoxy groups -OCH3 is 1. The Morgan fingerprint density at radius 3 is 2.15 bits per heavy atom. The van der Waals surface area contributed by atoms with Crippen molar-refractivity contribution in [2.45, 2.75) is 70.2 Å². The number of amides is 2. The summed E-state index contributed by atoms with van der Waals surface area (Å²) in [5, 5.41) is 14.9. The summed E-state index contributed by atoms with van der Waals surface area (Å²) in [5.41, 5.74) is -0.462.